The van der Waals surface area contributed by atoms with Crippen molar-refractivity contribution in [3.8, 4) is 62.6 Å². The molecule has 10 aromatic carbocycles. The zero-order valence-electron chi connectivity index (χ0n) is 36.7. The Morgan fingerprint density at radius 1 is 0.353 bits per heavy atom. The Kier molecular flexibility index (Phi) is 8.11. The number of nitrogens with zero attached hydrogens (tertiary/aromatic N) is 5. The molecule has 0 radical (unpaired) electrons. The molecule has 0 N–H and O–H groups in total. The lowest BCUT2D eigenvalue weighted by Gasteiger charge is -2.19. The first kappa shape index (κ1) is 37.9. The standard InChI is InChI=1S/C63H37N5/c64-37-39-13-12-15-40(31-39)41-25-27-48(44(32-41)38-65)51-28-26-46(66-56-22-9-7-20-50(56)55-36-54-43(34-60(55)66)33-42-14-4-5-18-47(42)54)35-61(51)68-58-24-11-8-21-53(58)62-59(68)30-29-52-49-19-6-10-23-57(49)67(63(52)62)45-16-2-1-3-17-45/h1-32,34-36H,33H2. The van der Waals surface area contributed by atoms with Crippen LogP contribution in [0.4, 0.5) is 0 Å². The first-order valence-electron chi connectivity index (χ1n) is 23.0. The molecule has 3 aromatic heterocycles. The highest BCUT2D eigenvalue weighted by molar-refractivity contribution is 6.26. The van der Waals surface area contributed by atoms with E-state index in [9.17, 15) is 10.5 Å². The van der Waals surface area contributed by atoms with Crippen molar-refractivity contribution in [1.82, 2.24) is 13.7 Å². The number of aromatic nitrogens is 3. The maximum absolute atomic E-state index is 11.0. The molecule has 68 heavy (non-hydrogen) atoms. The van der Waals surface area contributed by atoms with Gasteiger partial charge >= 0.3 is 0 Å². The number of fused-ring (bicyclic) bond motifs is 13. The molecule has 0 aliphatic heterocycles. The van der Waals surface area contributed by atoms with E-state index in [0.29, 0.717) is 11.1 Å². The Bertz CT molecular complexity index is 4370. The molecule has 0 unspecified atom stereocenters. The van der Waals surface area contributed by atoms with E-state index in [1.807, 2.05) is 24.3 Å². The van der Waals surface area contributed by atoms with E-state index < -0.39 is 0 Å². The fraction of sp³-hybridized carbons (Fsp3) is 0.0159. The smallest absolute Gasteiger partial charge is 0.0998 e. The highest BCUT2D eigenvalue weighted by atomic mass is 15.0. The predicted molar refractivity (Wildman–Crippen MR) is 278 cm³/mol. The summed E-state index contributed by atoms with van der Waals surface area (Å²) < 4.78 is 7.27. The van der Waals surface area contributed by atoms with Gasteiger partial charge in [-0.1, -0.05) is 133 Å². The van der Waals surface area contributed by atoms with Crippen molar-refractivity contribution < 1.29 is 0 Å². The quantitative estimate of drug-likeness (QED) is 0.173. The third kappa shape index (κ3) is 5.42. The van der Waals surface area contributed by atoms with E-state index in [1.165, 1.54) is 43.8 Å². The zero-order chi connectivity index (χ0) is 45.0. The van der Waals surface area contributed by atoms with Gasteiger partial charge in [-0.25, -0.2) is 0 Å². The van der Waals surface area contributed by atoms with Crippen molar-refractivity contribution in [2.75, 3.05) is 0 Å². The lowest BCUT2D eigenvalue weighted by atomic mass is 9.93. The van der Waals surface area contributed by atoms with Crippen molar-refractivity contribution in [1.29, 1.82) is 10.5 Å². The number of hydrogen-bond acceptors (Lipinski definition) is 2. The van der Waals surface area contributed by atoms with E-state index >= 15 is 0 Å². The monoisotopic (exact) mass is 863 g/mol. The van der Waals surface area contributed by atoms with Crippen LogP contribution in [0.25, 0.3) is 116 Å². The number of para-hydroxylation sites is 4. The maximum Gasteiger partial charge on any atom is 0.0998 e. The molecule has 1 aliphatic carbocycles. The van der Waals surface area contributed by atoms with Gasteiger partial charge in [-0.3, -0.25) is 0 Å². The van der Waals surface area contributed by atoms with Crippen molar-refractivity contribution in [2.45, 2.75) is 6.42 Å². The lowest BCUT2D eigenvalue weighted by Crippen LogP contribution is -2.02. The normalized spacial score (nSPS) is 12.0. The largest absolute Gasteiger partial charge is 0.309 e. The SMILES string of the molecule is N#Cc1cccc(-c2ccc(-c3ccc(-n4c5ccccc5c5cc6c(cc54)Cc4ccccc4-6)cc3-n3c4ccccc4c4c3ccc3c5ccccc5n(-c5ccccc5)c34)c(C#N)c2)c1. The first-order valence-corrected chi connectivity index (χ1v) is 23.0. The average Bonchev–Trinajstić information content (AvgIpc) is 4.14. The summed E-state index contributed by atoms with van der Waals surface area (Å²) in [7, 11) is 0. The third-order valence-corrected chi connectivity index (χ3v) is 14.3. The number of benzene rings is 10. The van der Waals surface area contributed by atoms with Crippen molar-refractivity contribution in [2.24, 2.45) is 0 Å². The highest BCUT2D eigenvalue weighted by Crippen LogP contribution is 2.46. The highest BCUT2D eigenvalue weighted by Gasteiger charge is 2.26. The number of nitriles is 2. The molecule has 14 rings (SSSR count). The number of rotatable bonds is 5. The van der Waals surface area contributed by atoms with Crippen molar-refractivity contribution >= 4 is 65.4 Å². The van der Waals surface area contributed by atoms with Gasteiger partial charge in [0.2, 0.25) is 0 Å². The van der Waals surface area contributed by atoms with E-state index in [0.717, 1.165) is 89.6 Å². The minimum absolute atomic E-state index is 0.554. The van der Waals surface area contributed by atoms with Gasteiger partial charge in [-0.15, -0.1) is 0 Å². The summed E-state index contributed by atoms with van der Waals surface area (Å²) in [6.07, 6.45) is 0.899. The van der Waals surface area contributed by atoms with Crippen LogP contribution in [-0.4, -0.2) is 13.7 Å². The summed E-state index contributed by atoms with van der Waals surface area (Å²) >= 11 is 0. The molecule has 1 aliphatic rings. The van der Waals surface area contributed by atoms with E-state index in [2.05, 4.69) is 208 Å². The summed E-state index contributed by atoms with van der Waals surface area (Å²) in [5, 5.41) is 27.9. The van der Waals surface area contributed by atoms with Crippen LogP contribution in [0.2, 0.25) is 0 Å². The molecule has 0 atom stereocenters. The van der Waals surface area contributed by atoms with Crippen LogP contribution in [0, 0.1) is 22.7 Å². The molecule has 0 fully saturated rings. The number of hydrogen-bond donors (Lipinski definition) is 0. The van der Waals surface area contributed by atoms with Crippen LogP contribution in [0.5, 0.6) is 0 Å². The fourth-order valence-corrected chi connectivity index (χ4v) is 11.4. The van der Waals surface area contributed by atoms with Crippen molar-refractivity contribution in [3.63, 3.8) is 0 Å². The second-order valence-electron chi connectivity index (χ2n) is 17.9. The van der Waals surface area contributed by atoms with E-state index in [-0.39, 0.29) is 0 Å². The van der Waals surface area contributed by atoms with Crippen LogP contribution in [0.3, 0.4) is 0 Å². The summed E-state index contributed by atoms with van der Waals surface area (Å²) in [6, 6.07) is 80.3. The van der Waals surface area contributed by atoms with Crippen LogP contribution < -0.4 is 0 Å². The van der Waals surface area contributed by atoms with Crippen molar-refractivity contribution in [3.05, 3.63) is 235 Å². The molecule has 314 valence electrons. The lowest BCUT2D eigenvalue weighted by molar-refractivity contribution is 1.13. The molecule has 0 amide bonds. The van der Waals surface area contributed by atoms with Crippen LogP contribution in [0.1, 0.15) is 22.3 Å². The Hall–Kier alpha value is -9.42. The predicted octanol–water partition coefficient (Wildman–Crippen LogP) is 15.6. The van der Waals surface area contributed by atoms with E-state index in [4.69, 9.17) is 0 Å². The minimum Gasteiger partial charge on any atom is -0.309 e. The molecule has 5 heteroatoms. The topological polar surface area (TPSA) is 62.4 Å². The Labute approximate surface area is 391 Å². The Balaban J connectivity index is 1.09. The molecule has 5 nitrogen and oxygen atoms in total. The molecule has 0 saturated heterocycles. The van der Waals surface area contributed by atoms with Gasteiger partial charge in [-0.2, -0.15) is 10.5 Å². The van der Waals surface area contributed by atoms with Gasteiger partial charge in [0.15, 0.2) is 0 Å². The second-order valence-corrected chi connectivity index (χ2v) is 17.9. The molecule has 13 aromatic rings. The second kappa shape index (κ2) is 14.5. The van der Waals surface area contributed by atoms with Gasteiger partial charge in [0.1, 0.15) is 0 Å². The first-order chi connectivity index (χ1) is 33.6. The average molecular weight is 864 g/mol. The molecular formula is C63H37N5. The minimum atomic E-state index is 0.554. The summed E-state index contributed by atoms with van der Waals surface area (Å²) in [6.45, 7) is 0. The molecule has 0 saturated carbocycles. The van der Waals surface area contributed by atoms with Gasteiger partial charge in [0.05, 0.1) is 62.1 Å². The van der Waals surface area contributed by atoms with Gasteiger partial charge in [-0.05, 0) is 119 Å². The van der Waals surface area contributed by atoms with Gasteiger partial charge in [0.25, 0.3) is 0 Å². The summed E-state index contributed by atoms with van der Waals surface area (Å²) in [5.74, 6) is 0. The third-order valence-electron chi connectivity index (χ3n) is 14.3. The van der Waals surface area contributed by atoms with Crippen LogP contribution in [-0.2, 0) is 6.42 Å². The maximum atomic E-state index is 11.0. The molecule has 3 heterocycles. The zero-order valence-corrected chi connectivity index (χ0v) is 36.7. The molecular weight excluding hydrogens is 827 g/mol. The molecule has 0 spiro atoms. The van der Waals surface area contributed by atoms with Crippen LogP contribution >= 0.6 is 0 Å². The fourth-order valence-electron chi connectivity index (χ4n) is 11.4. The van der Waals surface area contributed by atoms with Gasteiger partial charge in [0, 0.05) is 54.8 Å². The van der Waals surface area contributed by atoms with E-state index in [1.54, 1.807) is 6.07 Å². The summed E-state index contributed by atoms with van der Waals surface area (Å²) in [5.41, 5.74) is 19.8. The summed E-state index contributed by atoms with van der Waals surface area (Å²) in [4.78, 5) is 0. The Morgan fingerprint density at radius 2 is 1.04 bits per heavy atom. The van der Waals surface area contributed by atoms with Gasteiger partial charge < -0.3 is 13.7 Å². The molecule has 0 bridgehead atoms. The Morgan fingerprint density at radius 3 is 1.85 bits per heavy atom. The van der Waals surface area contributed by atoms with Crippen LogP contribution in [0.15, 0.2) is 212 Å².